The standard InChI is InChI=1S/C15H17F3N2O3/c16-15(17,18)8-23-13-2-1-9(5-19-13)14(21)10-3-11-6-22-7-12(4-10)20-11/h1-2,5,10-12,20H,3-4,6-8H2. The number of ketones is 1. The molecule has 2 aliphatic heterocycles. The zero-order valence-electron chi connectivity index (χ0n) is 12.3. The lowest BCUT2D eigenvalue weighted by atomic mass is 9.82. The molecule has 0 aromatic carbocycles. The Bertz CT molecular complexity index is 550. The molecule has 126 valence electrons. The summed E-state index contributed by atoms with van der Waals surface area (Å²) in [6, 6.07) is 3.12. The molecule has 0 saturated carbocycles. The average molecular weight is 330 g/mol. The average Bonchev–Trinajstić information content (AvgIpc) is 2.51. The number of morpholine rings is 1. The first-order valence-corrected chi connectivity index (χ1v) is 7.44. The number of carbonyl (C=O) groups is 1. The van der Waals surface area contributed by atoms with Crippen molar-refractivity contribution >= 4 is 5.78 Å². The molecule has 1 aromatic rings. The lowest BCUT2D eigenvalue weighted by Crippen LogP contribution is -2.55. The van der Waals surface area contributed by atoms with E-state index in [0.29, 0.717) is 31.6 Å². The third-order valence-corrected chi connectivity index (χ3v) is 4.02. The predicted octanol–water partition coefficient (Wildman–Crippen LogP) is 1.97. The van der Waals surface area contributed by atoms with E-state index in [4.69, 9.17) is 4.74 Å². The molecule has 2 unspecified atom stereocenters. The molecule has 3 rings (SSSR count). The highest BCUT2D eigenvalue weighted by molar-refractivity contribution is 5.97. The molecule has 0 spiro atoms. The normalized spacial score (nSPS) is 27.5. The molecule has 23 heavy (non-hydrogen) atoms. The Morgan fingerprint density at radius 3 is 2.57 bits per heavy atom. The number of nitrogens with zero attached hydrogens (tertiary/aromatic N) is 1. The number of hydrogen-bond acceptors (Lipinski definition) is 5. The molecule has 1 aromatic heterocycles. The smallest absolute Gasteiger partial charge is 0.422 e. The van der Waals surface area contributed by atoms with Gasteiger partial charge in [0, 0.05) is 35.8 Å². The van der Waals surface area contributed by atoms with E-state index in [9.17, 15) is 18.0 Å². The number of alkyl halides is 3. The largest absolute Gasteiger partial charge is 0.468 e. The molecule has 2 bridgehead atoms. The number of carbonyl (C=O) groups excluding carboxylic acids is 1. The summed E-state index contributed by atoms with van der Waals surface area (Å²) in [5.41, 5.74) is 0.398. The second kappa shape index (κ2) is 6.45. The molecule has 5 nitrogen and oxygen atoms in total. The van der Waals surface area contributed by atoms with E-state index in [-0.39, 0.29) is 29.7 Å². The molecular weight excluding hydrogens is 313 g/mol. The van der Waals surface area contributed by atoms with Gasteiger partial charge in [-0.05, 0) is 18.9 Å². The quantitative estimate of drug-likeness (QED) is 0.856. The fraction of sp³-hybridized carbons (Fsp3) is 0.600. The molecule has 0 radical (unpaired) electrons. The van der Waals surface area contributed by atoms with Crippen molar-refractivity contribution in [1.82, 2.24) is 10.3 Å². The summed E-state index contributed by atoms with van der Waals surface area (Å²) in [6.45, 7) is -0.198. The van der Waals surface area contributed by atoms with Crippen LogP contribution < -0.4 is 10.1 Å². The zero-order valence-corrected chi connectivity index (χ0v) is 12.3. The zero-order chi connectivity index (χ0) is 16.4. The van der Waals surface area contributed by atoms with E-state index in [0.717, 1.165) is 0 Å². The van der Waals surface area contributed by atoms with Crippen LogP contribution in [0.4, 0.5) is 13.2 Å². The fourth-order valence-corrected chi connectivity index (χ4v) is 3.05. The molecule has 2 aliphatic rings. The number of halogens is 3. The van der Waals surface area contributed by atoms with Crippen molar-refractivity contribution in [2.45, 2.75) is 31.1 Å². The van der Waals surface area contributed by atoms with Gasteiger partial charge in [0.2, 0.25) is 5.88 Å². The van der Waals surface area contributed by atoms with Crippen LogP contribution in [0.5, 0.6) is 5.88 Å². The second-order valence-corrected chi connectivity index (χ2v) is 5.92. The van der Waals surface area contributed by atoms with Crippen molar-refractivity contribution in [3.05, 3.63) is 23.9 Å². The van der Waals surface area contributed by atoms with E-state index in [1.807, 2.05) is 0 Å². The van der Waals surface area contributed by atoms with Gasteiger partial charge in [-0.25, -0.2) is 4.98 Å². The van der Waals surface area contributed by atoms with Crippen molar-refractivity contribution in [2.75, 3.05) is 19.8 Å². The summed E-state index contributed by atoms with van der Waals surface area (Å²) < 4.78 is 46.2. The number of fused-ring (bicyclic) bond motifs is 2. The Morgan fingerprint density at radius 2 is 2.00 bits per heavy atom. The summed E-state index contributed by atoms with van der Waals surface area (Å²) >= 11 is 0. The molecule has 1 N–H and O–H groups in total. The Labute approximate surface area is 131 Å². The monoisotopic (exact) mass is 330 g/mol. The summed E-state index contributed by atoms with van der Waals surface area (Å²) in [5, 5.41) is 3.41. The highest BCUT2D eigenvalue weighted by atomic mass is 19.4. The third-order valence-electron chi connectivity index (χ3n) is 4.02. The number of rotatable bonds is 4. The van der Waals surface area contributed by atoms with Crippen LogP contribution in [0.3, 0.4) is 0 Å². The minimum Gasteiger partial charge on any atom is -0.468 e. The lowest BCUT2D eigenvalue weighted by molar-refractivity contribution is -0.154. The molecule has 2 fully saturated rings. The maximum atomic E-state index is 12.5. The SMILES string of the molecule is O=C(c1ccc(OCC(F)(F)F)nc1)C1CC2COCC(C1)N2. The highest BCUT2D eigenvalue weighted by Crippen LogP contribution is 2.27. The van der Waals surface area contributed by atoms with Crippen molar-refractivity contribution in [2.24, 2.45) is 5.92 Å². The van der Waals surface area contributed by atoms with Crippen LogP contribution in [0.25, 0.3) is 0 Å². The minimum atomic E-state index is -4.41. The Hall–Kier alpha value is -1.67. The van der Waals surface area contributed by atoms with E-state index < -0.39 is 12.8 Å². The third kappa shape index (κ3) is 4.20. The topological polar surface area (TPSA) is 60.5 Å². The van der Waals surface area contributed by atoms with Crippen molar-refractivity contribution in [1.29, 1.82) is 0 Å². The van der Waals surface area contributed by atoms with Gasteiger partial charge < -0.3 is 14.8 Å². The molecule has 3 heterocycles. The molecule has 2 atom stereocenters. The van der Waals surface area contributed by atoms with E-state index in [2.05, 4.69) is 15.0 Å². The van der Waals surface area contributed by atoms with Gasteiger partial charge in [-0.2, -0.15) is 13.2 Å². The van der Waals surface area contributed by atoms with Gasteiger partial charge in [-0.3, -0.25) is 4.79 Å². The van der Waals surface area contributed by atoms with Crippen LogP contribution in [-0.2, 0) is 4.74 Å². The Morgan fingerprint density at radius 1 is 1.30 bits per heavy atom. The van der Waals surface area contributed by atoms with Crippen molar-refractivity contribution in [3.8, 4) is 5.88 Å². The fourth-order valence-electron chi connectivity index (χ4n) is 3.05. The van der Waals surface area contributed by atoms with Crippen LogP contribution >= 0.6 is 0 Å². The van der Waals surface area contributed by atoms with Crippen LogP contribution in [0.2, 0.25) is 0 Å². The number of ether oxygens (including phenoxy) is 2. The minimum absolute atomic E-state index is 0.0294. The Kier molecular flexibility index (Phi) is 4.54. The first-order chi connectivity index (χ1) is 10.9. The second-order valence-electron chi connectivity index (χ2n) is 5.92. The van der Waals surface area contributed by atoms with E-state index >= 15 is 0 Å². The Balaban J connectivity index is 1.61. The summed E-state index contributed by atoms with van der Waals surface area (Å²) in [6.07, 6.45) is -1.74. The number of pyridine rings is 1. The molecule has 8 heteroatoms. The van der Waals surface area contributed by atoms with Crippen molar-refractivity contribution < 1.29 is 27.4 Å². The molecule has 2 saturated heterocycles. The van der Waals surface area contributed by atoms with Gasteiger partial charge in [0.25, 0.3) is 0 Å². The van der Waals surface area contributed by atoms with Gasteiger partial charge in [0.05, 0.1) is 13.2 Å². The molecule has 0 amide bonds. The van der Waals surface area contributed by atoms with E-state index in [1.54, 1.807) is 0 Å². The van der Waals surface area contributed by atoms with Crippen LogP contribution in [0.1, 0.15) is 23.2 Å². The first-order valence-electron chi connectivity index (χ1n) is 7.44. The number of hydrogen-bond donors (Lipinski definition) is 1. The number of aromatic nitrogens is 1. The summed E-state index contributed by atoms with van der Waals surface area (Å²) in [7, 11) is 0. The maximum Gasteiger partial charge on any atom is 0.422 e. The van der Waals surface area contributed by atoms with Gasteiger partial charge >= 0.3 is 6.18 Å². The van der Waals surface area contributed by atoms with Crippen LogP contribution in [0.15, 0.2) is 18.3 Å². The summed E-state index contributed by atoms with van der Waals surface area (Å²) in [4.78, 5) is 16.3. The molecule has 0 aliphatic carbocycles. The van der Waals surface area contributed by atoms with Gasteiger partial charge in [-0.15, -0.1) is 0 Å². The van der Waals surface area contributed by atoms with Crippen LogP contribution in [0, 0.1) is 5.92 Å². The lowest BCUT2D eigenvalue weighted by Gasteiger charge is -2.39. The number of Topliss-reactive ketones (excluding diaryl/α,β-unsaturated/α-hetero) is 1. The maximum absolute atomic E-state index is 12.5. The highest BCUT2D eigenvalue weighted by Gasteiger charge is 2.35. The molecular formula is C15H17F3N2O3. The van der Waals surface area contributed by atoms with Crippen LogP contribution in [-0.4, -0.2) is 48.8 Å². The van der Waals surface area contributed by atoms with Gasteiger partial charge in [0.15, 0.2) is 12.4 Å². The number of nitrogens with one attached hydrogen (secondary N) is 1. The number of piperidine rings is 1. The van der Waals surface area contributed by atoms with Gasteiger partial charge in [0.1, 0.15) is 0 Å². The summed E-state index contributed by atoms with van der Waals surface area (Å²) in [5.74, 6) is -0.286. The van der Waals surface area contributed by atoms with Crippen molar-refractivity contribution in [3.63, 3.8) is 0 Å². The van der Waals surface area contributed by atoms with E-state index in [1.165, 1.54) is 18.3 Å². The first kappa shape index (κ1) is 16.2. The predicted molar refractivity (Wildman–Crippen MR) is 74.4 cm³/mol. The van der Waals surface area contributed by atoms with Gasteiger partial charge in [-0.1, -0.05) is 0 Å².